The van der Waals surface area contributed by atoms with Gasteiger partial charge >= 0.3 is 0 Å². The van der Waals surface area contributed by atoms with Gasteiger partial charge in [-0.25, -0.2) is 0 Å². The molecule has 0 bridgehead atoms. The highest BCUT2D eigenvalue weighted by atomic mass is 32.2. The summed E-state index contributed by atoms with van der Waals surface area (Å²) in [6, 6.07) is 8.85. The van der Waals surface area contributed by atoms with E-state index in [0.29, 0.717) is 11.8 Å². The Balaban J connectivity index is 2.15. The van der Waals surface area contributed by atoms with E-state index in [-0.39, 0.29) is 0 Å². The van der Waals surface area contributed by atoms with Gasteiger partial charge in [-0.15, -0.1) is 11.3 Å². The van der Waals surface area contributed by atoms with E-state index in [1.54, 1.807) is 6.26 Å². The lowest BCUT2D eigenvalue weighted by Gasteiger charge is -2.12. The van der Waals surface area contributed by atoms with E-state index in [4.69, 9.17) is 0 Å². The van der Waals surface area contributed by atoms with Crippen molar-refractivity contribution in [3.05, 3.63) is 34.7 Å². The van der Waals surface area contributed by atoms with Crippen molar-refractivity contribution in [1.82, 2.24) is 5.32 Å². The van der Waals surface area contributed by atoms with Crippen molar-refractivity contribution in [2.24, 2.45) is 0 Å². The first-order chi connectivity index (χ1) is 8.59. The molecule has 0 saturated heterocycles. The van der Waals surface area contributed by atoms with Crippen LogP contribution in [0.5, 0.6) is 0 Å². The molecule has 0 radical (unpaired) electrons. The molecule has 0 aliphatic carbocycles. The highest BCUT2D eigenvalue weighted by Crippen LogP contribution is 2.34. The minimum absolute atomic E-state index is 0.325. The number of thiophene rings is 1. The van der Waals surface area contributed by atoms with E-state index in [1.807, 2.05) is 11.3 Å². The van der Waals surface area contributed by atoms with E-state index in [0.717, 1.165) is 6.54 Å². The summed E-state index contributed by atoms with van der Waals surface area (Å²) in [7, 11) is -0.718. The number of hydrogen-bond donors (Lipinski definition) is 1. The van der Waals surface area contributed by atoms with Gasteiger partial charge in [0.15, 0.2) is 0 Å². The lowest BCUT2D eigenvalue weighted by Crippen LogP contribution is -2.23. The Kier molecular flexibility index (Phi) is 4.54. The Labute approximate surface area is 115 Å². The van der Waals surface area contributed by atoms with Crippen LogP contribution in [-0.4, -0.2) is 22.8 Å². The maximum atomic E-state index is 11.0. The standard InChI is InChI=1S/C14H19NOS2/c1-10-12-6-4-5-7-13(12)17-14(10)11(2)15-8-9-18(3)16/h4-7,11,15H,8-9H2,1-3H3. The van der Waals surface area contributed by atoms with E-state index in [1.165, 1.54) is 20.5 Å². The number of aryl methyl sites for hydroxylation is 1. The monoisotopic (exact) mass is 281 g/mol. The van der Waals surface area contributed by atoms with E-state index < -0.39 is 10.8 Å². The van der Waals surface area contributed by atoms with Gasteiger partial charge in [0.2, 0.25) is 0 Å². The number of rotatable bonds is 5. The van der Waals surface area contributed by atoms with Gasteiger partial charge in [-0.3, -0.25) is 4.21 Å². The first-order valence-corrected chi connectivity index (χ1v) is 8.65. The van der Waals surface area contributed by atoms with Crippen molar-refractivity contribution in [2.45, 2.75) is 19.9 Å². The van der Waals surface area contributed by atoms with Crippen LogP contribution in [0.25, 0.3) is 10.1 Å². The summed E-state index contributed by atoms with van der Waals surface area (Å²) in [4.78, 5) is 1.39. The second-order valence-electron chi connectivity index (χ2n) is 4.54. The number of hydrogen-bond acceptors (Lipinski definition) is 3. The second kappa shape index (κ2) is 5.95. The first-order valence-electron chi connectivity index (χ1n) is 6.11. The fraction of sp³-hybridized carbons (Fsp3) is 0.429. The Morgan fingerprint density at radius 3 is 2.78 bits per heavy atom. The fourth-order valence-corrected chi connectivity index (χ4v) is 3.76. The van der Waals surface area contributed by atoms with Gasteiger partial charge < -0.3 is 5.32 Å². The zero-order valence-corrected chi connectivity index (χ0v) is 12.7. The summed E-state index contributed by atoms with van der Waals surface area (Å²) in [6.07, 6.45) is 1.75. The summed E-state index contributed by atoms with van der Waals surface area (Å²) in [5.41, 5.74) is 1.37. The van der Waals surface area contributed by atoms with Gasteiger partial charge in [-0.1, -0.05) is 18.2 Å². The zero-order chi connectivity index (χ0) is 13.1. The molecule has 1 N–H and O–H groups in total. The zero-order valence-electron chi connectivity index (χ0n) is 11.0. The molecule has 0 aliphatic heterocycles. The molecule has 1 aromatic heterocycles. The molecule has 2 atom stereocenters. The smallest absolute Gasteiger partial charge is 0.0389 e. The van der Waals surface area contributed by atoms with Crippen molar-refractivity contribution in [1.29, 1.82) is 0 Å². The van der Waals surface area contributed by atoms with Crippen LogP contribution in [0.2, 0.25) is 0 Å². The molecule has 2 nitrogen and oxygen atoms in total. The second-order valence-corrected chi connectivity index (χ2v) is 7.18. The van der Waals surface area contributed by atoms with Crippen LogP contribution in [0.4, 0.5) is 0 Å². The van der Waals surface area contributed by atoms with Crippen molar-refractivity contribution in [3.63, 3.8) is 0 Å². The van der Waals surface area contributed by atoms with Crippen LogP contribution in [0, 0.1) is 6.92 Å². The third kappa shape index (κ3) is 2.99. The Bertz CT molecular complexity index is 562. The average molecular weight is 281 g/mol. The Morgan fingerprint density at radius 1 is 1.39 bits per heavy atom. The van der Waals surface area contributed by atoms with Gasteiger partial charge in [-0.05, 0) is 30.9 Å². The van der Waals surface area contributed by atoms with Crippen LogP contribution >= 0.6 is 11.3 Å². The lowest BCUT2D eigenvalue weighted by atomic mass is 10.1. The van der Waals surface area contributed by atoms with Crippen molar-refractivity contribution >= 4 is 32.2 Å². The summed E-state index contributed by atoms with van der Waals surface area (Å²) < 4.78 is 12.4. The molecule has 0 fully saturated rings. The first kappa shape index (κ1) is 13.7. The summed E-state index contributed by atoms with van der Waals surface area (Å²) >= 11 is 1.85. The summed E-state index contributed by atoms with van der Waals surface area (Å²) in [6.45, 7) is 5.17. The van der Waals surface area contributed by atoms with Crippen LogP contribution in [-0.2, 0) is 10.8 Å². The molecular weight excluding hydrogens is 262 g/mol. The molecule has 18 heavy (non-hydrogen) atoms. The number of fused-ring (bicyclic) bond motifs is 1. The molecule has 4 heteroatoms. The SMILES string of the molecule is Cc1c(C(C)NCCS(C)=O)sc2ccccc12. The maximum absolute atomic E-state index is 11.0. The van der Waals surface area contributed by atoms with Crippen molar-refractivity contribution in [2.75, 3.05) is 18.6 Å². The van der Waals surface area contributed by atoms with Gasteiger partial charge in [-0.2, -0.15) is 0 Å². The summed E-state index contributed by atoms with van der Waals surface area (Å²) in [5, 5.41) is 4.80. The predicted octanol–water partition coefficient (Wildman–Crippen LogP) is 3.24. The number of nitrogens with one attached hydrogen (secondary N) is 1. The molecule has 1 aromatic carbocycles. The highest BCUT2D eigenvalue weighted by molar-refractivity contribution is 7.84. The molecule has 2 unspecified atom stereocenters. The third-order valence-electron chi connectivity index (χ3n) is 3.11. The minimum atomic E-state index is -0.718. The largest absolute Gasteiger partial charge is 0.309 e. The highest BCUT2D eigenvalue weighted by Gasteiger charge is 2.13. The summed E-state index contributed by atoms with van der Waals surface area (Å²) in [5.74, 6) is 0.717. The fourth-order valence-electron chi connectivity index (χ4n) is 2.12. The molecule has 0 amide bonds. The normalized spacial score (nSPS) is 14.8. The molecule has 0 aliphatic rings. The lowest BCUT2D eigenvalue weighted by molar-refractivity contribution is 0.604. The van der Waals surface area contributed by atoms with E-state index in [9.17, 15) is 4.21 Å². The van der Waals surface area contributed by atoms with Gasteiger partial charge in [0.1, 0.15) is 0 Å². The maximum Gasteiger partial charge on any atom is 0.0389 e. The molecule has 1 heterocycles. The van der Waals surface area contributed by atoms with Crippen LogP contribution in [0.15, 0.2) is 24.3 Å². The topological polar surface area (TPSA) is 29.1 Å². The minimum Gasteiger partial charge on any atom is -0.309 e. The quantitative estimate of drug-likeness (QED) is 0.911. The Morgan fingerprint density at radius 2 is 2.11 bits per heavy atom. The Hall–Kier alpha value is -0.710. The van der Waals surface area contributed by atoms with Crippen LogP contribution in [0.1, 0.15) is 23.4 Å². The molecule has 0 spiro atoms. The molecule has 0 saturated carbocycles. The van der Waals surface area contributed by atoms with Crippen LogP contribution < -0.4 is 5.32 Å². The van der Waals surface area contributed by atoms with E-state index >= 15 is 0 Å². The number of benzene rings is 1. The molecule has 2 aromatic rings. The molecular formula is C14H19NOS2. The van der Waals surface area contributed by atoms with Gasteiger partial charge in [0.05, 0.1) is 0 Å². The van der Waals surface area contributed by atoms with E-state index in [2.05, 4.69) is 43.4 Å². The third-order valence-corrected chi connectivity index (χ3v) is 5.35. The molecule has 2 rings (SSSR count). The van der Waals surface area contributed by atoms with Crippen molar-refractivity contribution in [3.8, 4) is 0 Å². The van der Waals surface area contributed by atoms with Crippen LogP contribution in [0.3, 0.4) is 0 Å². The predicted molar refractivity (Wildman–Crippen MR) is 81.9 cm³/mol. The van der Waals surface area contributed by atoms with Gasteiger partial charge in [0.25, 0.3) is 0 Å². The average Bonchev–Trinajstić information content (AvgIpc) is 2.67. The molecule has 98 valence electrons. The van der Waals surface area contributed by atoms with Crippen molar-refractivity contribution < 1.29 is 4.21 Å². The van der Waals surface area contributed by atoms with Gasteiger partial charge in [0, 0.05) is 45.0 Å².